The summed E-state index contributed by atoms with van der Waals surface area (Å²) in [5, 5.41) is 3.21. The van der Waals surface area contributed by atoms with Gasteiger partial charge in [0.2, 0.25) is 0 Å². The standard InChI is InChI=1S/C10H26NO5PSi/c1-13-18(14-2,15-3)10-6-7-11-8-9-16-17(4,5)12/h11H,6-10H2,1-5H3. The molecule has 110 valence electrons. The molecule has 6 nitrogen and oxygen atoms in total. The van der Waals surface area contributed by atoms with Crippen molar-refractivity contribution in [2.24, 2.45) is 0 Å². The molecular weight excluding hydrogens is 273 g/mol. The van der Waals surface area contributed by atoms with Crippen molar-refractivity contribution in [1.29, 1.82) is 0 Å². The summed E-state index contributed by atoms with van der Waals surface area (Å²) in [6.07, 6.45) is 0.900. The van der Waals surface area contributed by atoms with Crippen LogP contribution in [0.1, 0.15) is 6.42 Å². The Bertz CT molecular complexity index is 248. The van der Waals surface area contributed by atoms with Crippen LogP contribution >= 0.6 is 7.37 Å². The van der Waals surface area contributed by atoms with Crippen molar-refractivity contribution in [3.05, 3.63) is 0 Å². The highest BCUT2D eigenvalue weighted by atomic mass is 31.2. The summed E-state index contributed by atoms with van der Waals surface area (Å²) >= 11 is 0. The van der Waals surface area contributed by atoms with E-state index in [4.69, 9.17) is 17.8 Å². The molecule has 0 saturated heterocycles. The van der Waals surface area contributed by atoms with Gasteiger partial charge in [-0.25, -0.2) is 0 Å². The van der Waals surface area contributed by atoms with Crippen LogP contribution in [0.2, 0.25) is 6.04 Å². The van der Waals surface area contributed by atoms with Gasteiger partial charge in [0.05, 0.1) is 6.61 Å². The van der Waals surface area contributed by atoms with Crippen molar-refractivity contribution in [2.75, 3.05) is 54.4 Å². The molecular formula is C10H26NO5PSi. The van der Waals surface area contributed by atoms with E-state index in [1.54, 1.807) is 34.7 Å². The first kappa shape index (κ1) is 18.2. The van der Waals surface area contributed by atoms with Gasteiger partial charge in [0.15, 0.2) is 7.37 Å². The monoisotopic (exact) mass is 299 g/mol. The Labute approximate surface area is 111 Å². The van der Waals surface area contributed by atoms with Crippen LogP contribution in [0.5, 0.6) is 0 Å². The van der Waals surface area contributed by atoms with E-state index in [0.717, 1.165) is 19.0 Å². The quantitative estimate of drug-likeness (QED) is 0.353. The lowest BCUT2D eigenvalue weighted by Crippen LogP contribution is -2.43. The highest BCUT2D eigenvalue weighted by Crippen LogP contribution is 2.36. The molecule has 0 aromatic rings. The number of hydrogen-bond acceptors (Lipinski definition) is 6. The molecule has 0 rings (SSSR count). The minimum absolute atomic E-state index is 0.464. The third kappa shape index (κ3) is 8.37. The van der Waals surface area contributed by atoms with Gasteiger partial charge in [-0.05, 0) is 13.0 Å². The van der Waals surface area contributed by atoms with Gasteiger partial charge >= 0.3 is 8.80 Å². The van der Waals surface area contributed by atoms with Gasteiger partial charge in [-0.3, -0.25) is 4.57 Å². The molecule has 0 aliphatic carbocycles. The number of nitrogens with one attached hydrogen (secondary N) is 1. The number of rotatable bonds is 11. The summed E-state index contributed by atoms with van der Waals surface area (Å²) in [4.78, 5) is 0. The molecule has 0 fully saturated rings. The van der Waals surface area contributed by atoms with Crippen LogP contribution in [0.4, 0.5) is 0 Å². The molecule has 0 aromatic carbocycles. The van der Waals surface area contributed by atoms with Crippen LogP contribution in [0.15, 0.2) is 0 Å². The molecule has 0 amide bonds. The van der Waals surface area contributed by atoms with Crippen LogP contribution in [0.3, 0.4) is 0 Å². The Morgan fingerprint density at radius 2 is 1.61 bits per heavy atom. The summed E-state index contributed by atoms with van der Waals surface area (Å²) in [7, 11) is 0.0477. The first-order chi connectivity index (χ1) is 8.39. The smallest absolute Gasteiger partial charge is 0.377 e. The van der Waals surface area contributed by atoms with Crippen molar-refractivity contribution in [3.63, 3.8) is 0 Å². The summed E-state index contributed by atoms with van der Waals surface area (Å²) in [6.45, 7) is 5.20. The summed E-state index contributed by atoms with van der Waals surface area (Å²) in [5.41, 5.74) is 0. The predicted molar refractivity (Wildman–Crippen MR) is 74.5 cm³/mol. The van der Waals surface area contributed by atoms with Crippen LogP contribution < -0.4 is 5.32 Å². The van der Waals surface area contributed by atoms with Crippen LogP contribution in [0.25, 0.3) is 0 Å². The second-order valence-corrected chi connectivity index (χ2v) is 10.1. The zero-order valence-electron chi connectivity index (χ0n) is 12.0. The van der Waals surface area contributed by atoms with Gasteiger partial charge in [0.1, 0.15) is 0 Å². The summed E-state index contributed by atoms with van der Waals surface area (Å²) < 4.78 is 32.4. The first-order valence-corrected chi connectivity index (χ1v) is 10.4. The maximum atomic E-state index is 11.3. The SMILES string of the molecule is CO[Si](CCCNCCOP(C)(C)=O)(OC)OC. The highest BCUT2D eigenvalue weighted by Gasteiger charge is 2.36. The van der Waals surface area contributed by atoms with E-state index in [1.807, 2.05) is 0 Å². The second kappa shape index (κ2) is 9.20. The van der Waals surface area contributed by atoms with E-state index in [0.29, 0.717) is 13.2 Å². The molecule has 0 aliphatic rings. The lowest BCUT2D eigenvalue weighted by molar-refractivity contribution is 0.123. The Morgan fingerprint density at radius 1 is 1.06 bits per heavy atom. The van der Waals surface area contributed by atoms with Gasteiger partial charge in [0.25, 0.3) is 0 Å². The molecule has 0 aliphatic heterocycles. The summed E-state index contributed by atoms with van der Waals surface area (Å²) in [5.74, 6) is 0. The third-order valence-electron chi connectivity index (χ3n) is 2.45. The van der Waals surface area contributed by atoms with Crippen LogP contribution in [-0.2, 0) is 22.4 Å². The van der Waals surface area contributed by atoms with Gasteiger partial charge in [-0.1, -0.05) is 0 Å². The highest BCUT2D eigenvalue weighted by molar-refractivity contribution is 7.57. The van der Waals surface area contributed by atoms with E-state index < -0.39 is 16.2 Å². The predicted octanol–water partition coefficient (Wildman–Crippen LogP) is 1.40. The molecule has 1 N–H and O–H groups in total. The van der Waals surface area contributed by atoms with Crippen LogP contribution in [-0.4, -0.2) is 63.2 Å². The van der Waals surface area contributed by atoms with E-state index in [1.165, 1.54) is 0 Å². The van der Waals surface area contributed by atoms with Crippen molar-refractivity contribution in [1.82, 2.24) is 5.32 Å². The fourth-order valence-corrected chi connectivity index (χ4v) is 3.70. The van der Waals surface area contributed by atoms with Crippen molar-refractivity contribution in [2.45, 2.75) is 12.5 Å². The fourth-order valence-electron chi connectivity index (χ4n) is 1.45. The van der Waals surface area contributed by atoms with Gasteiger partial charge in [-0.15, -0.1) is 0 Å². The Hall–Kier alpha value is 0.247. The maximum absolute atomic E-state index is 11.3. The zero-order valence-corrected chi connectivity index (χ0v) is 13.9. The minimum atomic E-state index is -2.43. The molecule has 0 unspecified atom stereocenters. The largest absolute Gasteiger partial charge is 0.500 e. The third-order valence-corrected chi connectivity index (χ3v) is 6.09. The molecule has 8 heteroatoms. The van der Waals surface area contributed by atoms with Crippen molar-refractivity contribution in [3.8, 4) is 0 Å². The topological polar surface area (TPSA) is 66.0 Å². The molecule has 0 bridgehead atoms. The lowest BCUT2D eigenvalue weighted by atomic mass is 10.5. The normalized spacial score (nSPS) is 12.9. The Kier molecular flexibility index (Phi) is 9.32. The minimum Gasteiger partial charge on any atom is -0.377 e. The Morgan fingerprint density at radius 3 is 2.06 bits per heavy atom. The first-order valence-electron chi connectivity index (χ1n) is 5.95. The molecule has 0 heterocycles. The summed E-state index contributed by atoms with van der Waals surface area (Å²) in [6, 6.07) is 0.768. The van der Waals surface area contributed by atoms with Crippen LogP contribution in [0, 0.1) is 0 Å². The number of hydrogen-bond donors (Lipinski definition) is 1. The van der Waals surface area contributed by atoms with E-state index in [2.05, 4.69) is 5.32 Å². The molecule has 0 radical (unpaired) electrons. The molecule has 0 spiro atoms. The van der Waals surface area contributed by atoms with E-state index >= 15 is 0 Å². The van der Waals surface area contributed by atoms with Crippen molar-refractivity contribution < 1.29 is 22.4 Å². The molecule has 0 saturated carbocycles. The van der Waals surface area contributed by atoms with Gasteiger partial charge < -0.3 is 23.1 Å². The molecule has 0 aromatic heterocycles. The zero-order chi connectivity index (χ0) is 14.1. The average Bonchev–Trinajstić information content (AvgIpc) is 2.32. The van der Waals surface area contributed by atoms with E-state index in [9.17, 15) is 4.57 Å². The fraction of sp³-hybridized carbons (Fsp3) is 1.00. The Balaban J connectivity index is 3.59. The van der Waals surface area contributed by atoms with Gasteiger partial charge in [0, 0.05) is 47.2 Å². The maximum Gasteiger partial charge on any atom is 0.500 e. The van der Waals surface area contributed by atoms with E-state index in [-0.39, 0.29) is 0 Å². The molecule has 18 heavy (non-hydrogen) atoms. The second-order valence-electron chi connectivity index (χ2n) is 4.23. The lowest BCUT2D eigenvalue weighted by Gasteiger charge is -2.24. The molecule has 0 atom stereocenters. The average molecular weight is 299 g/mol. The van der Waals surface area contributed by atoms with Gasteiger partial charge in [-0.2, -0.15) is 0 Å². The van der Waals surface area contributed by atoms with Crippen molar-refractivity contribution >= 4 is 16.2 Å².